The zero-order valence-corrected chi connectivity index (χ0v) is 17.2. The van der Waals surface area contributed by atoms with Crippen molar-refractivity contribution in [1.29, 1.82) is 0 Å². The van der Waals surface area contributed by atoms with E-state index in [1.807, 2.05) is 66.4 Å². The molecule has 1 amide bonds. The first-order chi connectivity index (χ1) is 14.5. The predicted octanol–water partition coefficient (Wildman–Crippen LogP) is 3.29. The molecule has 0 bridgehead atoms. The van der Waals surface area contributed by atoms with Crippen LogP contribution in [0.3, 0.4) is 0 Å². The highest BCUT2D eigenvalue weighted by Crippen LogP contribution is 2.39. The summed E-state index contributed by atoms with van der Waals surface area (Å²) in [4.78, 5) is 23.6. The molecule has 2 aromatic rings. The van der Waals surface area contributed by atoms with Crippen LogP contribution in [0.1, 0.15) is 61.0 Å². The number of hydrogen-bond donors (Lipinski definition) is 3. The molecule has 1 heterocycles. The molecule has 1 saturated carbocycles. The van der Waals surface area contributed by atoms with Crippen LogP contribution in [-0.4, -0.2) is 23.5 Å². The first kappa shape index (κ1) is 19.9. The van der Waals surface area contributed by atoms with Crippen LogP contribution in [0.5, 0.6) is 0 Å². The summed E-state index contributed by atoms with van der Waals surface area (Å²) in [5, 5.41) is 3.04. The standard InChI is InChI=1S/C23H28N6O/c1-16(17-8-4-2-5-9-17)26-20(30)18-10-12-19(13-11-18)29-22(25)27-21(24)28-23(29)14-6-3-7-15-23/h2,4-5,8-13,16H,3,6-7,14-15H2,1H3,(H,26,30)(H4,24,25,27,28). The maximum atomic E-state index is 12.7. The largest absolute Gasteiger partial charge is 0.369 e. The Morgan fingerprint density at radius 1 is 1.03 bits per heavy atom. The van der Waals surface area contributed by atoms with Gasteiger partial charge in [-0.1, -0.05) is 36.8 Å². The number of nitrogens with one attached hydrogen (secondary N) is 1. The first-order valence-corrected chi connectivity index (χ1v) is 10.4. The Labute approximate surface area is 176 Å². The summed E-state index contributed by atoms with van der Waals surface area (Å²) in [6.45, 7) is 1.97. The third-order valence-corrected chi connectivity index (χ3v) is 5.89. The molecule has 1 aliphatic carbocycles. The lowest BCUT2D eigenvalue weighted by Crippen LogP contribution is -2.58. The second-order valence-corrected chi connectivity index (χ2v) is 7.97. The van der Waals surface area contributed by atoms with Crippen molar-refractivity contribution in [3.05, 3.63) is 65.7 Å². The molecule has 1 unspecified atom stereocenters. The average molecular weight is 405 g/mol. The lowest BCUT2D eigenvalue weighted by molar-refractivity contribution is 0.0940. The van der Waals surface area contributed by atoms with Crippen LogP contribution >= 0.6 is 0 Å². The van der Waals surface area contributed by atoms with E-state index in [1.54, 1.807) is 0 Å². The van der Waals surface area contributed by atoms with Gasteiger partial charge in [-0.2, -0.15) is 4.99 Å². The van der Waals surface area contributed by atoms with Crippen molar-refractivity contribution in [3.63, 3.8) is 0 Å². The van der Waals surface area contributed by atoms with Gasteiger partial charge in [0.1, 0.15) is 5.66 Å². The average Bonchev–Trinajstić information content (AvgIpc) is 2.74. The summed E-state index contributed by atoms with van der Waals surface area (Å²) in [5.74, 6) is 0.462. The fourth-order valence-electron chi connectivity index (χ4n) is 4.36. The number of aliphatic imine (C=N–C) groups is 2. The van der Waals surface area contributed by atoms with Gasteiger partial charge in [-0.25, -0.2) is 4.99 Å². The number of nitrogens with zero attached hydrogens (tertiary/aromatic N) is 3. The topological polar surface area (TPSA) is 109 Å². The van der Waals surface area contributed by atoms with E-state index >= 15 is 0 Å². The molecule has 1 spiro atoms. The molecule has 0 aromatic heterocycles. The Morgan fingerprint density at radius 3 is 2.37 bits per heavy atom. The minimum absolute atomic E-state index is 0.0777. The van der Waals surface area contributed by atoms with Gasteiger partial charge in [-0.05, 0) is 62.4 Å². The van der Waals surface area contributed by atoms with Crippen molar-refractivity contribution < 1.29 is 4.79 Å². The molecule has 7 nitrogen and oxygen atoms in total. The molecule has 1 fully saturated rings. The highest BCUT2D eigenvalue weighted by atomic mass is 16.1. The first-order valence-electron chi connectivity index (χ1n) is 10.4. The maximum Gasteiger partial charge on any atom is 0.251 e. The number of carbonyl (C=O) groups is 1. The van der Waals surface area contributed by atoms with E-state index in [0.29, 0.717) is 11.5 Å². The number of guanidine groups is 2. The molecule has 7 heteroatoms. The van der Waals surface area contributed by atoms with Crippen molar-refractivity contribution in [2.75, 3.05) is 4.90 Å². The van der Waals surface area contributed by atoms with E-state index in [9.17, 15) is 4.79 Å². The Morgan fingerprint density at radius 2 is 1.70 bits per heavy atom. The van der Waals surface area contributed by atoms with Crippen molar-refractivity contribution in [3.8, 4) is 0 Å². The number of carbonyl (C=O) groups excluding carboxylic acids is 1. The van der Waals surface area contributed by atoms with Crippen molar-refractivity contribution in [1.82, 2.24) is 5.32 Å². The third kappa shape index (κ3) is 3.87. The lowest BCUT2D eigenvalue weighted by atomic mass is 9.87. The molecule has 156 valence electrons. The number of benzene rings is 2. The number of amides is 1. The quantitative estimate of drug-likeness (QED) is 0.726. The van der Waals surface area contributed by atoms with Crippen LogP contribution in [-0.2, 0) is 0 Å². The number of rotatable bonds is 4. The van der Waals surface area contributed by atoms with Gasteiger partial charge in [0.15, 0.2) is 0 Å². The van der Waals surface area contributed by atoms with E-state index in [2.05, 4.69) is 15.3 Å². The van der Waals surface area contributed by atoms with Gasteiger partial charge in [0.05, 0.1) is 6.04 Å². The van der Waals surface area contributed by atoms with Gasteiger partial charge in [-0.3, -0.25) is 9.69 Å². The molecule has 1 atom stereocenters. The number of nitrogens with two attached hydrogens (primary N) is 2. The highest BCUT2D eigenvalue weighted by molar-refractivity contribution is 6.06. The molecule has 30 heavy (non-hydrogen) atoms. The molecule has 0 saturated heterocycles. The van der Waals surface area contributed by atoms with Crippen molar-refractivity contribution in [2.24, 2.45) is 21.5 Å². The Bertz CT molecular complexity index is 961. The molecule has 2 aliphatic rings. The van der Waals surface area contributed by atoms with Gasteiger partial charge >= 0.3 is 0 Å². The summed E-state index contributed by atoms with van der Waals surface area (Å²) in [7, 11) is 0. The van der Waals surface area contributed by atoms with Crippen LogP contribution in [0.4, 0.5) is 5.69 Å². The molecule has 2 aromatic carbocycles. The van der Waals surface area contributed by atoms with Crippen LogP contribution in [0.2, 0.25) is 0 Å². The van der Waals surface area contributed by atoms with Gasteiger partial charge in [-0.15, -0.1) is 0 Å². The van der Waals surface area contributed by atoms with Crippen LogP contribution in [0, 0.1) is 0 Å². The van der Waals surface area contributed by atoms with Crippen molar-refractivity contribution >= 4 is 23.5 Å². The molecular weight excluding hydrogens is 376 g/mol. The number of hydrogen-bond acceptors (Lipinski definition) is 6. The highest BCUT2D eigenvalue weighted by Gasteiger charge is 2.42. The summed E-state index contributed by atoms with van der Waals surface area (Å²) in [5.41, 5.74) is 14.2. The molecular formula is C23H28N6O. The van der Waals surface area contributed by atoms with Crippen LogP contribution in [0.25, 0.3) is 0 Å². The SMILES string of the molecule is CC(NC(=O)c1ccc(N2C(N)=NC(N)=NC23CCCCC3)cc1)c1ccccc1. The Kier molecular flexibility index (Phi) is 5.44. The molecule has 4 rings (SSSR count). The molecule has 1 aliphatic heterocycles. The summed E-state index contributed by atoms with van der Waals surface area (Å²) in [6.07, 6.45) is 5.07. The van der Waals surface area contributed by atoms with Crippen LogP contribution < -0.4 is 21.7 Å². The Hall–Kier alpha value is -3.35. The van der Waals surface area contributed by atoms with Gasteiger partial charge in [0.25, 0.3) is 5.91 Å². The Balaban J connectivity index is 1.54. The minimum Gasteiger partial charge on any atom is -0.369 e. The summed E-state index contributed by atoms with van der Waals surface area (Å²) < 4.78 is 0. The fourth-order valence-corrected chi connectivity index (χ4v) is 4.36. The molecule has 5 N–H and O–H groups in total. The summed E-state index contributed by atoms with van der Waals surface area (Å²) >= 11 is 0. The number of anilines is 1. The third-order valence-electron chi connectivity index (χ3n) is 5.89. The van der Waals surface area contributed by atoms with E-state index in [4.69, 9.17) is 11.5 Å². The zero-order valence-electron chi connectivity index (χ0n) is 17.2. The zero-order chi connectivity index (χ0) is 21.1. The minimum atomic E-state index is -0.486. The fraction of sp³-hybridized carbons (Fsp3) is 0.348. The molecule has 0 radical (unpaired) electrons. The van der Waals surface area contributed by atoms with E-state index in [0.717, 1.165) is 36.9 Å². The second kappa shape index (κ2) is 8.18. The van der Waals surface area contributed by atoms with E-state index in [1.165, 1.54) is 6.42 Å². The summed E-state index contributed by atoms with van der Waals surface area (Å²) in [6, 6.07) is 17.2. The maximum absolute atomic E-state index is 12.7. The van der Waals surface area contributed by atoms with E-state index < -0.39 is 5.66 Å². The lowest BCUT2D eigenvalue weighted by Gasteiger charge is -2.45. The predicted molar refractivity (Wildman–Crippen MR) is 120 cm³/mol. The van der Waals surface area contributed by atoms with Gasteiger partial charge in [0, 0.05) is 11.3 Å². The second-order valence-electron chi connectivity index (χ2n) is 7.97. The van der Waals surface area contributed by atoms with Crippen LogP contribution in [0.15, 0.2) is 64.6 Å². The van der Waals surface area contributed by atoms with E-state index in [-0.39, 0.29) is 17.9 Å². The van der Waals surface area contributed by atoms with Gasteiger partial charge < -0.3 is 16.8 Å². The smallest absolute Gasteiger partial charge is 0.251 e. The monoisotopic (exact) mass is 404 g/mol. The van der Waals surface area contributed by atoms with Crippen molar-refractivity contribution in [2.45, 2.75) is 50.7 Å². The van der Waals surface area contributed by atoms with Gasteiger partial charge in [0.2, 0.25) is 11.9 Å². The normalized spacial score (nSPS) is 19.0.